The van der Waals surface area contributed by atoms with Crippen LogP contribution in [0, 0.1) is 11.7 Å². The lowest BCUT2D eigenvalue weighted by atomic mass is 9.99. The van der Waals surface area contributed by atoms with Crippen LogP contribution in [0.25, 0.3) is 0 Å². The minimum atomic E-state index is -4.14. The van der Waals surface area contributed by atoms with Crippen LogP contribution >= 0.6 is 0 Å². The first-order valence-electron chi connectivity index (χ1n) is 11.3. The quantitative estimate of drug-likeness (QED) is 0.525. The average molecular weight is 479 g/mol. The van der Waals surface area contributed by atoms with Crippen LogP contribution in [0.15, 0.2) is 47.4 Å². The molecule has 180 valence electrons. The Balaban J connectivity index is 1.84. The predicted molar refractivity (Wildman–Crippen MR) is 125 cm³/mol. The van der Waals surface area contributed by atoms with Crippen LogP contribution < -0.4 is 19.1 Å². The Morgan fingerprint density at radius 2 is 1.79 bits per heavy atom. The van der Waals surface area contributed by atoms with Gasteiger partial charge in [0.25, 0.3) is 10.0 Å². The molecule has 0 fully saturated rings. The SMILES string of the molecule is CCCCC(CC)CNC(=O)CN(c1ccc(F)cc1)S(=O)(=O)c1ccc2c(c1)OCCO2. The van der Waals surface area contributed by atoms with Gasteiger partial charge in [0.05, 0.1) is 10.6 Å². The molecule has 9 heteroatoms. The van der Waals surface area contributed by atoms with Crippen molar-refractivity contribution >= 4 is 21.6 Å². The van der Waals surface area contributed by atoms with Crippen molar-refractivity contribution in [3.05, 3.63) is 48.3 Å². The fourth-order valence-corrected chi connectivity index (χ4v) is 5.06. The summed E-state index contributed by atoms with van der Waals surface area (Å²) in [6.45, 7) is 4.96. The van der Waals surface area contributed by atoms with E-state index in [4.69, 9.17) is 9.47 Å². The zero-order chi connectivity index (χ0) is 23.8. The monoisotopic (exact) mass is 478 g/mol. The number of carbonyl (C=O) groups excluding carboxylic acids is 1. The van der Waals surface area contributed by atoms with Crippen molar-refractivity contribution in [2.24, 2.45) is 5.92 Å². The average Bonchev–Trinajstić information content (AvgIpc) is 2.83. The van der Waals surface area contributed by atoms with Gasteiger partial charge < -0.3 is 14.8 Å². The highest BCUT2D eigenvalue weighted by Gasteiger charge is 2.29. The van der Waals surface area contributed by atoms with Crippen LogP contribution in [0.1, 0.15) is 39.5 Å². The molecule has 1 unspecified atom stereocenters. The van der Waals surface area contributed by atoms with E-state index in [1.54, 1.807) is 0 Å². The molecule has 0 saturated carbocycles. The Morgan fingerprint density at radius 3 is 2.45 bits per heavy atom. The molecule has 33 heavy (non-hydrogen) atoms. The van der Waals surface area contributed by atoms with E-state index in [2.05, 4.69) is 19.2 Å². The first-order chi connectivity index (χ1) is 15.8. The van der Waals surface area contributed by atoms with Crippen LogP contribution in [0.3, 0.4) is 0 Å². The van der Waals surface area contributed by atoms with Crippen LogP contribution in [0.2, 0.25) is 0 Å². The van der Waals surface area contributed by atoms with Gasteiger partial charge >= 0.3 is 0 Å². The number of halogens is 1. The molecule has 2 aromatic carbocycles. The largest absolute Gasteiger partial charge is 0.486 e. The number of nitrogens with one attached hydrogen (secondary N) is 1. The normalized spacial score (nSPS) is 13.9. The summed E-state index contributed by atoms with van der Waals surface area (Å²) < 4.78 is 52.5. The molecule has 0 radical (unpaired) electrons. The number of hydrogen-bond acceptors (Lipinski definition) is 5. The maximum Gasteiger partial charge on any atom is 0.264 e. The van der Waals surface area contributed by atoms with Gasteiger partial charge in [-0.1, -0.05) is 33.1 Å². The molecule has 0 aliphatic carbocycles. The van der Waals surface area contributed by atoms with Crippen LogP contribution in [0.5, 0.6) is 11.5 Å². The molecular weight excluding hydrogens is 447 g/mol. The summed E-state index contributed by atoms with van der Waals surface area (Å²) in [5, 5.41) is 2.86. The molecule has 1 aliphatic heterocycles. The first-order valence-corrected chi connectivity index (χ1v) is 12.7. The van der Waals surface area contributed by atoms with E-state index in [-0.39, 0.29) is 10.6 Å². The van der Waals surface area contributed by atoms with E-state index in [1.165, 1.54) is 30.3 Å². The van der Waals surface area contributed by atoms with Crippen molar-refractivity contribution in [3.63, 3.8) is 0 Å². The second kappa shape index (κ2) is 11.4. The lowest BCUT2D eigenvalue weighted by Crippen LogP contribution is -2.42. The number of amides is 1. The maximum atomic E-state index is 13.5. The Labute approximate surface area is 194 Å². The Kier molecular flexibility index (Phi) is 8.55. The summed E-state index contributed by atoms with van der Waals surface area (Å²) in [4.78, 5) is 12.7. The van der Waals surface area contributed by atoms with Crippen LogP contribution in [-0.2, 0) is 14.8 Å². The van der Waals surface area contributed by atoms with E-state index >= 15 is 0 Å². The fourth-order valence-electron chi connectivity index (χ4n) is 3.62. The molecule has 0 saturated heterocycles. The summed E-state index contributed by atoms with van der Waals surface area (Å²) in [5.74, 6) is 0.205. The minimum Gasteiger partial charge on any atom is -0.486 e. The van der Waals surface area contributed by atoms with Gasteiger partial charge in [0, 0.05) is 12.6 Å². The van der Waals surface area contributed by atoms with Crippen molar-refractivity contribution in [1.82, 2.24) is 5.32 Å². The molecule has 1 heterocycles. The molecular formula is C24H31FN2O5S. The van der Waals surface area contributed by atoms with Gasteiger partial charge in [-0.25, -0.2) is 12.8 Å². The van der Waals surface area contributed by atoms with Crippen molar-refractivity contribution in [2.45, 2.75) is 44.4 Å². The molecule has 0 spiro atoms. The fraction of sp³-hybridized carbons (Fsp3) is 0.458. The lowest BCUT2D eigenvalue weighted by molar-refractivity contribution is -0.119. The minimum absolute atomic E-state index is 0.0433. The standard InChI is InChI=1S/C24H31FN2O5S/c1-3-5-6-18(4-2)16-26-24(28)17-27(20-9-7-19(25)8-10-20)33(29,30)21-11-12-22-23(15-21)32-14-13-31-22/h7-12,15,18H,3-6,13-14,16-17H2,1-2H3,(H,26,28). The second-order valence-corrected chi connectivity index (χ2v) is 9.88. The van der Waals surface area contributed by atoms with Gasteiger partial charge in [-0.3, -0.25) is 9.10 Å². The van der Waals surface area contributed by atoms with Gasteiger partial charge in [0.15, 0.2) is 11.5 Å². The summed E-state index contributed by atoms with van der Waals surface area (Å²) in [5.41, 5.74) is 0.194. The highest BCUT2D eigenvalue weighted by molar-refractivity contribution is 7.92. The predicted octanol–water partition coefficient (Wildman–Crippen LogP) is 4.12. The van der Waals surface area contributed by atoms with Crippen molar-refractivity contribution < 1.29 is 27.1 Å². The number of rotatable bonds is 11. The molecule has 2 aromatic rings. The number of fused-ring (bicyclic) bond motifs is 1. The highest BCUT2D eigenvalue weighted by atomic mass is 32.2. The van der Waals surface area contributed by atoms with Crippen LogP contribution in [0.4, 0.5) is 10.1 Å². The van der Waals surface area contributed by atoms with E-state index < -0.39 is 28.3 Å². The number of anilines is 1. The third-order valence-corrected chi connectivity index (χ3v) is 7.40. The topological polar surface area (TPSA) is 84.9 Å². The first kappa shape index (κ1) is 24.8. The Morgan fingerprint density at radius 1 is 1.09 bits per heavy atom. The third kappa shape index (κ3) is 6.37. The molecule has 0 aromatic heterocycles. The number of ether oxygens (including phenoxy) is 2. The number of benzene rings is 2. The number of hydrogen-bond donors (Lipinski definition) is 1. The van der Waals surface area contributed by atoms with Gasteiger partial charge in [0.1, 0.15) is 25.6 Å². The summed E-state index contributed by atoms with van der Waals surface area (Å²) in [6.07, 6.45) is 4.09. The Bertz CT molecular complexity index is 1040. The second-order valence-electron chi connectivity index (χ2n) is 8.01. The lowest BCUT2D eigenvalue weighted by Gasteiger charge is -2.26. The molecule has 0 bridgehead atoms. The van der Waals surface area contributed by atoms with E-state index in [0.717, 1.165) is 42.1 Å². The van der Waals surface area contributed by atoms with Gasteiger partial charge in [-0.2, -0.15) is 0 Å². The maximum absolute atomic E-state index is 13.5. The number of unbranched alkanes of at least 4 members (excludes halogenated alkanes) is 1. The Hall–Kier alpha value is -2.81. The molecule has 7 nitrogen and oxygen atoms in total. The van der Waals surface area contributed by atoms with E-state index in [9.17, 15) is 17.6 Å². The van der Waals surface area contributed by atoms with Crippen LogP contribution in [-0.4, -0.2) is 40.6 Å². The third-order valence-electron chi connectivity index (χ3n) is 5.63. The summed E-state index contributed by atoms with van der Waals surface area (Å²) in [7, 11) is -4.14. The van der Waals surface area contributed by atoms with E-state index in [1.807, 2.05) is 0 Å². The summed E-state index contributed by atoms with van der Waals surface area (Å²) >= 11 is 0. The zero-order valence-corrected chi connectivity index (χ0v) is 19.9. The molecule has 1 amide bonds. The molecule has 1 atom stereocenters. The molecule has 1 N–H and O–H groups in total. The molecule has 3 rings (SSSR count). The zero-order valence-electron chi connectivity index (χ0n) is 19.1. The summed E-state index contributed by atoms with van der Waals surface area (Å²) in [6, 6.07) is 9.34. The van der Waals surface area contributed by atoms with Crippen molar-refractivity contribution in [1.29, 1.82) is 0 Å². The number of sulfonamides is 1. The molecule has 1 aliphatic rings. The number of carbonyl (C=O) groups is 1. The smallest absolute Gasteiger partial charge is 0.264 e. The van der Waals surface area contributed by atoms with Gasteiger partial charge in [-0.05, 0) is 48.7 Å². The van der Waals surface area contributed by atoms with Crippen molar-refractivity contribution in [2.75, 3.05) is 30.6 Å². The van der Waals surface area contributed by atoms with Gasteiger partial charge in [-0.15, -0.1) is 0 Å². The highest BCUT2D eigenvalue weighted by Crippen LogP contribution is 2.34. The number of nitrogens with zero attached hydrogens (tertiary/aromatic N) is 1. The van der Waals surface area contributed by atoms with Crippen molar-refractivity contribution in [3.8, 4) is 11.5 Å². The van der Waals surface area contributed by atoms with Gasteiger partial charge in [0.2, 0.25) is 5.91 Å². The van der Waals surface area contributed by atoms with E-state index in [0.29, 0.717) is 37.2 Å².